The maximum absolute atomic E-state index is 12.2. The number of benzene rings is 1. The molecule has 6 nitrogen and oxygen atoms in total. The summed E-state index contributed by atoms with van der Waals surface area (Å²) >= 11 is 0. The molecule has 0 heterocycles. The van der Waals surface area contributed by atoms with Crippen LogP contribution in [0.3, 0.4) is 0 Å². The van der Waals surface area contributed by atoms with Gasteiger partial charge in [0.25, 0.3) is 5.91 Å². The number of carbonyl (C=O) groups is 2. The van der Waals surface area contributed by atoms with Crippen molar-refractivity contribution in [3.05, 3.63) is 42.0 Å². The molecule has 2 amide bonds. The largest absolute Gasteiger partial charge is 0.412 e. The van der Waals surface area contributed by atoms with E-state index in [9.17, 15) is 9.59 Å². The maximum Gasteiger partial charge on any atom is 0.412 e. The molecule has 6 heteroatoms. The van der Waals surface area contributed by atoms with E-state index >= 15 is 0 Å². The van der Waals surface area contributed by atoms with Gasteiger partial charge in [-0.15, -0.1) is 0 Å². The van der Waals surface area contributed by atoms with Crippen molar-refractivity contribution >= 4 is 12.0 Å². The summed E-state index contributed by atoms with van der Waals surface area (Å²) in [6.45, 7) is 4.88. The van der Waals surface area contributed by atoms with Gasteiger partial charge in [-0.05, 0) is 62.3 Å². The van der Waals surface area contributed by atoms with Crippen LogP contribution in [-0.2, 0) is 0 Å². The predicted molar refractivity (Wildman–Crippen MR) is 107 cm³/mol. The van der Waals surface area contributed by atoms with E-state index in [1.165, 1.54) is 0 Å². The second-order valence-electron chi connectivity index (χ2n) is 7.39. The Labute approximate surface area is 161 Å². The van der Waals surface area contributed by atoms with Crippen molar-refractivity contribution in [2.75, 3.05) is 6.54 Å². The van der Waals surface area contributed by atoms with E-state index in [0.29, 0.717) is 23.8 Å². The number of nitrogens with two attached hydrogens (primary N) is 1. The molecule has 2 atom stereocenters. The Balaban J connectivity index is 1.83. The van der Waals surface area contributed by atoms with Crippen LogP contribution in [0.25, 0.3) is 0 Å². The van der Waals surface area contributed by atoms with E-state index in [1.807, 2.05) is 0 Å². The number of carbonyl (C=O) groups excluding carboxylic acids is 2. The van der Waals surface area contributed by atoms with Crippen LogP contribution in [0.4, 0.5) is 4.79 Å². The van der Waals surface area contributed by atoms with E-state index in [0.717, 1.165) is 32.1 Å². The summed E-state index contributed by atoms with van der Waals surface area (Å²) in [7, 11) is 0. The van der Waals surface area contributed by atoms with Gasteiger partial charge in [0.2, 0.25) is 0 Å². The predicted octanol–water partition coefficient (Wildman–Crippen LogP) is 3.38. The van der Waals surface area contributed by atoms with Gasteiger partial charge in [0.15, 0.2) is 0 Å². The number of amides is 2. The van der Waals surface area contributed by atoms with E-state index in [2.05, 4.69) is 36.6 Å². The zero-order valence-electron chi connectivity index (χ0n) is 16.2. The van der Waals surface area contributed by atoms with Crippen molar-refractivity contribution in [3.8, 4) is 5.75 Å². The summed E-state index contributed by atoms with van der Waals surface area (Å²) in [5.74, 6) is 0.812. The number of nitrogens with one attached hydrogen (secondary N) is 2. The van der Waals surface area contributed by atoms with Gasteiger partial charge in [-0.1, -0.05) is 26.0 Å². The van der Waals surface area contributed by atoms with Gasteiger partial charge in [-0.25, -0.2) is 4.79 Å². The van der Waals surface area contributed by atoms with Gasteiger partial charge in [0.1, 0.15) is 5.75 Å². The zero-order chi connectivity index (χ0) is 19.6. The molecule has 148 valence electrons. The van der Waals surface area contributed by atoms with Gasteiger partial charge < -0.3 is 21.1 Å². The topological polar surface area (TPSA) is 93.4 Å². The molecule has 0 spiro atoms. The first-order valence-corrected chi connectivity index (χ1v) is 9.73. The summed E-state index contributed by atoms with van der Waals surface area (Å²) in [5, 5.41) is 5.74. The first-order valence-electron chi connectivity index (χ1n) is 9.73. The summed E-state index contributed by atoms with van der Waals surface area (Å²) in [4.78, 5) is 24.2. The molecule has 0 aliphatic heterocycles. The van der Waals surface area contributed by atoms with Crippen LogP contribution < -0.4 is 21.1 Å². The maximum atomic E-state index is 12.2. The Bertz CT molecular complexity index is 641. The van der Waals surface area contributed by atoms with Gasteiger partial charge >= 0.3 is 6.09 Å². The van der Waals surface area contributed by atoms with Crippen LogP contribution >= 0.6 is 0 Å². The first kappa shape index (κ1) is 21.0. The molecule has 0 fully saturated rings. The van der Waals surface area contributed by atoms with Crippen LogP contribution in [0.1, 0.15) is 56.3 Å². The molecular weight excluding hydrogens is 342 g/mol. The lowest BCUT2D eigenvalue weighted by Gasteiger charge is -2.25. The lowest BCUT2D eigenvalue weighted by molar-refractivity contribution is 0.0952. The normalized spacial score (nSPS) is 21.0. The highest BCUT2D eigenvalue weighted by Crippen LogP contribution is 2.15. The Morgan fingerprint density at radius 2 is 1.81 bits per heavy atom. The van der Waals surface area contributed by atoms with Gasteiger partial charge in [0.05, 0.1) is 0 Å². The molecule has 0 saturated heterocycles. The number of ether oxygens (including phenoxy) is 1. The zero-order valence-corrected chi connectivity index (χ0v) is 16.2. The Kier molecular flexibility index (Phi) is 8.33. The first-order chi connectivity index (χ1) is 13.0. The van der Waals surface area contributed by atoms with Crippen molar-refractivity contribution in [1.82, 2.24) is 10.6 Å². The third kappa shape index (κ3) is 7.43. The fourth-order valence-electron chi connectivity index (χ4n) is 2.93. The molecule has 0 saturated carbocycles. The molecule has 1 aromatic carbocycles. The molecule has 4 N–H and O–H groups in total. The minimum atomic E-state index is -0.519. The van der Waals surface area contributed by atoms with E-state index < -0.39 is 6.09 Å². The number of hydrogen-bond acceptors (Lipinski definition) is 4. The Hall–Kier alpha value is -2.34. The highest BCUT2D eigenvalue weighted by Gasteiger charge is 2.21. The van der Waals surface area contributed by atoms with Crippen LogP contribution in [0.2, 0.25) is 0 Å². The van der Waals surface area contributed by atoms with Crippen molar-refractivity contribution in [2.24, 2.45) is 11.7 Å². The van der Waals surface area contributed by atoms with Gasteiger partial charge in [-0.2, -0.15) is 0 Å². The van der Waals surface area contributed by atoms with Gasteiger partial charge in [-0.3, -0.25) is 4.79 Å². The lowest BCUT2D eigenvalue weighted by Crippen LogP contribution is -2.48. The summed E-state index contributed by atoms with van der Waals surface area (Å²) in [6, 6.07) is 6.36. The smallest absolute Gasteiger partial charge is 0.410 e. The molecule has 0 unspecified atom stereocenters. The highest BCUT2D eigenvalue weighted by atomic mass is 16.6. The molecule has 1 aromatic rings. The minimum absolute atomic E-state index is 0.0839. The van der Waals surface area contributed by atoms with E-state index in [4.69, 9.17) is 10.5 Å². The molecular formula is C21H31N3O3. The van der Waals surface area contributed by atoms with E-state index in [-0.39, 0.29) is 18.0 Å². The second-order valence-corrected chi connectivity index (χ2v) is 7.39. The average Bonchev–Trinajstić information content (AvgIpc) is 2.61. The molecule has 0 radical (unpaired) electrons. The Morgan fingerprint density at radius 1 is 1.15 bits per heavy atom. The fourth-order valence-corrected chi connectivity index (χ4v) is 2.93. The summed E-state index contributed by atoms with van der Waals surface area (Å²) < 4.78 is 5.33. The SMILES string of the molecule is CC(C)CCNC(=O)c1ccc(OC(=O)N[C@@H]2CC/C=C/CC[C@@H]2N)cc1. The standard InChI is InChI=1S/C21H31N3O3/c1-15(2)13-14-23-20(25)16-9-11-17(12-10-16)27-21(26)24-19-8-6-4-3-5-7-18(19)22/h3-4,9-12,15,18-19H,5-8,13-14,22H2,1-2H3,(H,23,25)(H,24,26)/b4-3+/t18-,19+/m0/s1. The second kappa shape index (κ2) is 10.7. The quantitative estimate of drug-likeness (QED) is 0.667. The Morgan fingerprint density at radius 3 is 2.48 bits per heavy atom. The van der Waals surface area contributed by atoms with Crippen molar-refractivity contribution in [2.45, 2.75) is 58.0 Å². The molecule has 2 rings (SSSR count). The molecule has 0 bridgehead atoms. The number of allylic oxidation sites excluding steroid dienone is 2. The fraction of sp³-hybridized carbons (Fsp3) is 0.524. The van der Waals surface area contributed by atoms with Crippen LogP contribution in [0, 0.1) is 5.92 Å². The number of rotatable bonds is 6. The number of hydrogen-bond donors (Lipinski definition) is 3. The molecule has 1 aliphatic rings. The monoisotopic (exact) mass is 373 g/mol. The van der Waals surface area contributed by atoms with Crippen LogP contribution in [0.15, 0.2) is 36.4 Å². The average molecular weight is 373 g/mol. The van der Waals surface area contributed by atoms with Crippen LogP contribution in [-0.4, -0.2) is 30.6 Å². The minimum Gasteiger partial charge on any atom is -0.410 e. The van der Waals surface area contributed by atoms with Gasteiger partial charge in [0, 0.05) is 24.2 Å². The molecule has 1 aliphatic carbocycles. The third-order valence-electron chi connectivity index (χ3n) is 4.63. The van der Waals surface area contributed by atoms with Crippen LogP contribution in [0.5, 0.6) is 5.75 Å². The molecule has 0 aromatic heterocycles. The third-order valence-corrected chi connectivity index (χ3v) is 4.63. The summed E-state index contributed by atoms with van der Waals surface area (Å²) in [5.41, 5.74) is 6.70. The van der Waals surface area contributed by atoms with E-state index in [1.54, 1.807) is 24.3 Å². The summed E-state index contributed by atoms with van der Waals surface area (Å²) in [6.07, 6.45) is 8.12. The highest BCUT2D eigenvalue weighted by molar-refractivity contribution is 5.94. The lowest BCUT2D eigenvalue weighted by atomic mass is 9.96. The van der Waals surface area contributed by atoms with Crippen molar-refractivity contribution in [1.29, 1.82) is 0 Å². The molecule has 27 heavy (non-hydrogen) atoms. The van der Waals surface area contributed by atoms with Crippen molar-refractivity contribution in [3.63, 3.8) is 0 Å². The van der Waals surface area contributed by atoms with Crippen molar-refractivity contribution < 1.29 is 14.3 Å².